The van der Waals surface area contributed by atoms with E-state index in [1.54, 1.807) is 0 Å². The van der Waals surface area contributed by atoms with Crippen LogP contribution >= 0.6 is 0 Å². The summed E-state index contributed by atoms with van der Waals surface area (Å²) in [6, 6.07) is 0. The molecule has 4 aliphatic rings. The molecule has 22 heavy (non-hydrogen) atoms. The van der Waals surface area contributed by atoms with E-state index in [9.17, 15) is 15.0 Å². The number of aliphatic hydroxyl groups is 2. The summed E-state index contributed by atoms with van der Waals surface area (Å²) < 4.78 is 0. The molecule has 4 aliphatic carbocycles. The number of rotatable bonds is 0. The van der Waals surface area contributed by atoms with Crippen LogP contribution in [0.5, 0.6) is 0 Å². The molecule has 3 nitrogen and oxygen atoms in total. The second-order valence-corrected chi connectivity index (χ2v) is 9.20. The number of fused-ring (bicyclic) bond motifs is 5. The first-order valence-electron chi connectivity index (χ1n) is 9.25. The normalized spacial score (nSPS) is 57.9. The van der Waals surface area contributed by atoms with Crippen LogP contribution in [-0.4, -0.2) is 28.2 Å². The maximum Gasteiger partial charge on any atom is 0.137 e. The number of hydrogen-bond donors (Lipinski definition) is 2. The molecule has 0 aliphatic heterocycles. The molecule has 8 atom stereocenters. The highest BCUT2D eigenvalue weighted by atomic mass is 16.3. The van der Waals surface area contributed by atoms with Gasteiger partial charge in [-0.15, -0.1) is 0 Å². The van der Waals surface area contributed by atoms with Crippen molar-refractivity contribution >= 4 is 5.78 Å². The Labute approximate surface area is 133 Å². The molecule has 0 aromatic rings. The molecular weight excluding hydrogens is 276 g/mol. The zero-order chi connectivity index (χ0) is 15.7. The SMILES string of the molecule is C[C@]12CC[C@@H](O)C[C@H]1CC[C@H]1[C@@H]3CC[C@H](O)[C@@]3(C)CC(=O)[C@@H]12. The summed E-state index contributed by atoms with van der Waals surface area (Å²) in [6.45, 7) is 4.48. The first-order valence-corrected chi connectivity index (χ1v) is 9.25. The molecule has 0 bridgehead atoms. The topological polar surface area (TPSA) is 57.5 Å². The van der Waals surface area contributed by atoms with Gasteiger partial charge in [-0.2, -0.15) is 0 Å². The van der Waals surface area contributed by atoms with Crippen LogP contribution in [0.2, 0.25) is 0 Å². The number of Topliss-reactive ketones (excluding diaryl/α,β-unsaturated/α-hetero) is 1. The van der Waals surface area contributed by atoms with Crippen LogP contribution in [0.25, 0.3) is 0 Å². The Morgan fingerprint density at radius 2 is 1.77 bits per heavy atom. The van der Waals surface area contributed by atoms with Crippen LogP contribution in [-0.2, 0) is 4.79 Å². The molecule has 4 rings (SSSR count). The fourth-order valence-corrected chi connectivity index (χ4v) is 7.03. The van der Waals surface area contributed by atoms with Crippen molar-refractivity contribution in [3.63, 3.8) is 0 Å². The van der Waals surface area contributed by atoms with Crippen LogP contribution in [0.4, 0.5) is 0 Å². The Bertz CT molecular complexity index is 489. The van der Waals surface area contributed by atoms with Gasteiger partial charge in [0.05, 0.1) is 12.2 Å². The molecule has 0 saturated heterocycles. The minimum Gasteiger partial charge on any atom is -0.393 e. The molecule has 0 unspecified atom stereocenters. The van der Waals surface area contributed by atoms with Gasteiger partial charge in [-0.1, -0.05) is 13.8 Å². The van der Waals surface area contributed by atoms with E-state index in [1.807, 2.05) is 0 Å². The average molecular weight is 306 g/mol. The van der Waals surface area contributed by atoms with Gasteiger partial charge in [0.1, 0.15) is 5.78 Å². The number of aliphatic hydroxyl groups excluding tert-OH is 2. The van der Waals surface area contributed by atoms with Gasteiger partial charge >= 0.3 is 0 Å². The minimum absolute atomic E-state index is 0.0914. The third kappa shape index (κ3) is 1.84. The Balaban J connectivity index is 1.69. The van der Waals surface area contributed by atoms with E-state index in [4.69, 9.17) is 0 Å². The summed E-state index contributed by atoms with van der Waals surface area (Å²) in [6.07, 6.45) is 7.11. The van der Waals surface area contributed by atoms with Crippen molar-refractivity contribution in [3.8, 4) is 0 Å². The Morgan fingerprint density at radius 1 is 1.00 bits per heavy atom. The molecule has 0 amide bonds. The summed E-state index contributed by atoms with van der Waals surface area (Å²) in [4.78, 5) is 13.1. The van der Waals surface area contributed by atoms with E-state index >= 15 is 0 Å². The van der Waals surface area contributed by atoms with Crippen molar-refractivity contribution in [2.75, 3.05) is 0 Å². The second-order valence-electron chi connectivity index (χ2n) is 9.20. The van der Waals surface area contributed by atoms with E-state index in [-0.39, 0.29) is 29.0 Å². The lowest BCUT2D eigenvalue weighted by Gasteiger charge is -2.59. The van der Waals surface area contributed by atoms with E-state index < -0.39 is 0 Å². The van der Waals surface area contributed by atoms with Gasteiger partial charge in [-0.3, -0.25) is 4.79 Å². The van der Waals surface area contributed by atoms with Crippen LogP contribution in [0.1, 0.15) is 65.2 Å². The van der Waals surface area contributed by atoms with Crippen LogP contribution < -0.4 is 0 Å². The summed E-state index contributed by atoms with van der Waals surface area (Å²) in [7, 11) is 0. The van der Waals surface area contributed by atoms with Crippen molar-refractivity contribution in [1.82, 2.24) is 0 Å². The van der Waals surface area contributed by atoms with E-state index in [1.165, 1.54) is 0 Å². The zero-order valence-corrected chi connectivity index (χ0v) is 13.9. The van der Waals surface area contributed by atoms with Crippen molar-refractivity contribution in [2.24, 2.45) is 34.5 Å². The summed E-state index contributed by atoms with van der Waals surface area (Å²) in [5, 5.41) is 20.5. The van der Waals surface area contributed by atoms with E-state index in [0.717, 1.165) is 44.9 Å². The largest absolute Gasteiger partial charge is 0.393 e. The molecule has 0 radical (unpaired) electrons. The third-order valence-corrected chi connectivity index (χ3v) is 8.27. The van der Waals surface area contributed by atoms with Crippen molar-refractivity contribution in [1.29, 1.82) is 0 Å². The number of ketones is 1. The summed E-state index contributed by atoms with van der Waals surface area (Å²) >= 11 is 0. The Morgan fingerprint density at radius 3 is 2.55 bits per heavy atom. The summed E-state index contributed by atoms with van der Waals surface area (Å²) in [5.41, 5.74) is -0.0796. The van der Waals surface area contributed by atoms with E-state index in [0.29, 0.717) is 30.0 Å². The first kappa shape index (κ1) is 15.1. The van der Waals surface area contributed by atoms with Crippen LogP contribution in [0.3, 0.4) is 0 Å². The molecule has 0 heterocycles. The second kappa shape index (κ2) is 4.80. The maximum absolute atomic E-state index is 13.1. The van der Waals surface area contributed by atoms with E-state index in [2.05, 4.69) is 13.8 Å². The van der Waals surface area contributed by atoms with Gasteiger partial charge in [0.15, 0.2) is 0 Å². The standard InChI is InChI=1S/C19H30O3/c1-18-8-7-12(20)9-11(18)3-4-13-14-5-6-16(22)19(14,2)10-15(21)17(13)18/h11-14,16-17,20,22H,3-10H2,1-2H3/t11-,12-,13+,14+,16+,17-,18+,19+/m1/s1. The Kier molecular flexibility index (Phi) is 3.30. The van der Waals surface area contributed by atoms with Gasteiger partial charge < -0.3 is 10.2 Å². The lowest BCUT2D eigenvalue weighted by atomic mass is 9.45. The van der Waals surface area contributed by atoms with Crippen LogP contribution in [0, 0.1) is 34.5 Å². The predicted octanol–water partition coefficient (Wildman–Crippen LogP) is 2.93. The maximum atomic E-state index is 13.1. The number of carbonyl (C=O) groups is 1. The fraction of sp³-hybridized carbons (Fsp3) is 0.947. The molecule has 0 aromatic carbocycles. The highest BCUT2D eigenvalue weighted by molar-refractivity contribution is 5.84. The van der Waals surface area contributed by atoms with Gasteiger partial charge in [-0.25, -0.2) is 0 Å². The summed E-state index contributed by atoms with van der Waals surface area (Å²) in [5.74, 6) is 2.10. The molecule has 2 N–H and O–H groups in total. The van der Waals surface area contributed by atoms with Crippen LogP contribution in [0.15, 0.2) is 0 Å². The van der Waals surface area contributed by atoms with Gasteiger partial charge in [-0.05, 0) is 68.1 Å². The van der Waals surface area contributed by atoms with Crippen molar-refractivity contribution in [3.05, 3.63) is 0 Å². The molecular formula is C19H30O3. The van der Waals surface area contributed by atoms with Gasteiger partial charge in [0, 0.05) is 17.8 Å². The average Bonchev–Trinajstić information content (AvgIpc) is 2.75. The zero-order valence-electron chi connectivity index (χ0n) is 13.9. The quantitative estimate of drug-likeness (QED) is 0.723. The number of carbonyl (C=O) groups excluding carboxylic acids is 1. The molecule has 3 heteroatoms. The highest BCUT2D eigenvalue weighted by Crippen LogP contribution is 2.65. The monoisotopic (exact) mass is 306 g/mol. The molecule has 4 saturated carbocycles. The molecule has 124 valence electrons. The molecule has 4 fully saturated rings. The fourth-order valence-electron chi connectivity index (χ4n) is 7.03. The van der Waals surface area contributed by atoms with Gasteiger partial charge in [0.25, 0.3) is 0 Å². The smallest absolute Gasteiger partial charge is 0.137 e. The van der Waals surface area contributed by atoms with Crippen molar-refractivity contribution < 1.29 is 15.0 Å². The minimum atomic E-state index is -0.291. The van der Waals surface area contributed by atoms with Crippen molar-refractivity contribution in [2.45, 2.75) is 77.4 Å². The van der Waals surface area contributed by atoms with Gasteiger partial charge in [0.2, 0.25) is 0 Å². The lowest BCUT2D eigenvalue weighted by molar-refractivity contribution is -0.164. The molecule has 0 spiro atoms. The highest BCUT2D eigenvalue weighted by Gasteiger charge is 2.63. The predicted molar refractivity (Wildman–Crippen MR) is 84.1 cm³/mol. The lowest BCUT2D eigenvalue weighted by Crippen LogP contribution is -2.58. The first-order chi connectivity index (χ1) is 10.4. The molecule has 0 aromatic heterocycles. The third-order valence-electron chi connectivity index (χ3n) is 8.27. The number of hydrogen-bond acceptors (Lipinski definition) is 3. The Hall–Kier alpha value is -0.410.